The van der Waals surface area contributed by atoms with Crippen molar-refractivity contribution in [2.24, 2.45) is 17.0 Å². The molecule has 0 bridgehead atoms. The van der Waals surface area contributed by atoms with Crippen LogP contribution >= 0.6 is 0 Å². The topological polar surface area (TPSA) is 97.2 Å². The summed E-state index contributed by atoms with van der Waals surface area (Å²) in [6, 6.07) is 0. The van der Waals surface area contributed by atoms with Gasteiger partial charge in [-0.25, -0.2) is 4.79 Å². The summed E-state index contributed by atoms with van der Waals surface area (Å²) in [6.45, 7) is 9.31. The fourth-order valence-corrected chi connectivity index (χ4v) is 3.62. The number of carboxylic acid groups (broad SMARTS) is 1. The zero-order valence-corrected chi connectivity index (χ0v) is 15.1. The van der Waals surface area contributed by atoms with Gasteiger partial charge in [0.15, 0.2) is 6.10 Å². The first-order valence-corrected chi connectivity index (χ1v) is 8.54. The van der Waals surface area contributed by atoms with E-state index in [0.717, 1.165) is 25.0 Å². The summed E-state index contributed by atoms with van der Waals surface area (Å²) >= 11 is 0. The van der Waals surface area contributed by atoms with Crippen LogP contribution in [0.2, 0.25) is 0 Å². The van der Waals surface area contributed by atoms with E-state index in [1.54, 1.807) is 20.8 Å². The SMILES string of the molecule is CCCCC1=NOC2C(C(=O)O)CC(C)(NC(=O)OC(C)(C)C)C12. The van der Waals surface area contributed by atoms with Crippen molar-refractivity contribution in [2.45, 2.75) is 77.5 Å². The van der Waals surface area contributed by atoms with Crippen molar-refractivity contribution in [1.29, 1.82) is 0 Å². The van der Waals surface area contributed by atoms with Gasteiger partial charge in [0.25, 0.3) is 0 Å². The van der Waals surface area contributed by atoms with Crippen molar-refractivity contribution in [2.75, 3.05) is 0 Å². The molecule has 0 aromatic rings. The third-order valence-corrected chi connectivity index (χ3v) is 4.60. The lowest BCUT2D eigenvalue weighted by atomic mass is 9.83. The molecular weight excluding hydrogens is 312 g/mol. The molecule has 1 amide bonds. The molecule has 24 heavy (non-hydrogen) atoms. The molecule has 0 saturated heterocycles. The van der Waals surface area contributed by atoms with Gasteiger partial charge in [-0.15, -0.1) is 0 Å². The minimum Gasteiger partial charge on any atom is -0.481 e. The highest BCUT2D eigenvalue weighted by Gasteiger charge is 2.60. The lowest BCUT2D eigenvalue weighted by Crippen LogP contribution is -2.53. The molecule has 4 atom stereocenters. The minimum absolute atomic E-state index is 0.238. The number of carbonyl (C=O) groups excluding carboxylic acids is 1. The number of alkyl carbamates (subject to hydrolysis) is 1. The van der Waals surface area contributed by atoms with E-state index in [1.165, 1.54) is 0 Å². The molecule has 0 spiro atoms. The average Bonchev–Trinajstić information content (AvgIpc) is 2.95. The fraction of sp³-hybridized carbons (Fsp3) is 0.824. The van der Waals surface area contributed by atoms with Gasteiger partial charge in [-0.2, -0.15) is 0 Å². The Hall–Kier alpha value is -1.79. The molecule has 1 aliphatic heterocycles. The number of nitrogens with zero attached hydrogens (tertiary/aromatic N) is 1. The van der Waals surface area contributed by atoms with Gasteiger partial charge in [-0.05, 0) is 47.0 Å². The second-order valence-electron chi connectivity index (χ2n) is 7.93. The van der Waals surface area contributed by atoms with Crippen LogP contribution in [0.15, 0.2) is 5.16 Å². The standard InChI is InChI=1S/C17H28N2O5/c1-6-7-8-11-12-13(24-19-11)10(14(20)21)9-17(12,5)18-15(22)23-16(2,3)4/h10,12-13H,6-9H2,1-5H3,(H,18,22)(H,20,21). The highest BCUT2D eigenvalue weighted by Crippen LogP contribution is 2.46. The molecule has 7 heteroatoms. The molecule has 136 valence electrons. The molecule has 2 rings (SSSR count). The first-order chi connectivity index (χ1) is 11.1. The van der Waals surface area contributed by atoms with E-state index in [2.05, 4.69) is 17.4 Å². The maximum Gasteiger partial charge on any atom is 0.408 e. The van der Waals surface area contributed by atoms with Crippen molar-refractivity contribution in [3.05, 3.63) is 0 Å². The molecule has 1 fully saturated rings. The van der Waals surface area contributed by atoms with Crippen molar-refractivity contribution in [3.63, 3.8) is 0 Å². The smallest absolute Gasteiger partial charge is 0.408 e. The van der Waals surface area contributed by atoms with E-state index >= 15 is 0 Å². The van der Waals surface area contributed by atoms with Gasteiger partial charge in [0.1, 0.15) is 5.60 Å². The number of ether oxygens (including phenoxy) is 1. The van der Waals surface area contributed by atoms with Gasteiger partial charge in [0.05, 0.1) is 23.1 Å². The molecule has 1 heterocycles. The van der Waals surface area contributed by atoms with Crippen LogP contribution in [-0.4, -0.2) is 40.1 Å². The van der Waals surface area contributed by atoms with Crippen LogP contribution < -0.4 is 5.32 Å². The predicted molar refractivity (Wildman–Crippen MR) is 88.8 cm³/mol. The zero-order chi connectivity index (χ0) is 18.1. The number of nitrogens with one attached hydrogen (secondary N) is 1. The van der Waals surface area contributed by atoms with E-state index in [0.29, 0.717) is 6.42 Å². The maximum atomic E-state index is 12.2. The van der Waals surface area contributed by atoms with Gasteiger partial charge in [0, 0.05) is 0 Å². The predicted octanol–water partition coefficient (Wildman–Crippen LogP) is 2.94. The zero-order valence-electron chi connectivity index (χ0n) is 15.1. The van der Waals surface area contributed by atoms with Gasteiger partial charge < -0.3 is 20.0 Å². The second kappa shape index (κ2) is 6.61. The van der Waals surface area contributed by atoms with Crippen LogP contribution in [0.5, 0.6) is 0 Å². The molecule has 1 saturated carbocycles. The molecule has 2 N–H and O–H groups in total. The number of unbranched alkanes of at least 4 members (excludes halogenated alkanes) is 1. The third-order valence-electron chi connectivity index (χ3n) is 4.60. The molecule has 0 radical (unpaired) electrons. The van der Waals surface area contributed by atoms with Gasteiger partial charge in [0.2, 0.25) is 0 Å². The Morgan fingerprint density at radius 3 is 2.67 bits per heavy atom. The molecular formula is C17H28N2O5. The normalized spacial score (nSPS) is 31.9. The van der Waals surface area contributed by atoms with Gasteiger partial charge in [-0.3, -0.25) is 4.79 Å². The van der Waals surface area contributed by atoms with E-state index in [9.17, 15) is 14.7 Å². The second-order valence-corrected chi connectivity index (χ2v) is 7.93. The summed E-state index contributed by atoms with van der Waals surface area (Å²) in [7, 11) is 0. The number of amides is 1. The van der Waals surface area contributed by atoms with Crippen LogP contribution in [0, 0.1) is 11.8 Å². The summed E-state index contributed by atoms with van der Waals surface area (Å²) in [5, 5.41) is 16.5. The largest absolute Gasteiger partial charge is 0.481 e. The first kappa shape index (κ1) is 18.5. The Morgan fingerprint density at radius 2 is 2.12 bits per heavy atom. The number of hydrogen-bond acceptors (Lipinski definition) is 5. The van der Waals surface area contributed by atoms with Crippen LogP contribution in [0.25, 0.3) is 0 Å². The van der Waals surface area contributed by atoms with E-state index < -0.39 is 35.2 Å². The Labute approximate surface area is 142 Å². The third kappa shape index (κ3) is 3.82. The average molecular weight is 340 g/mol. The Morgan fingerprint density at radius 1 is 1.46 bits per heavy atom. The van der Waals surface area contributed by atoms with E-state index in [1.807, 2.05) is 6.92 Å². The van der Waals surface area contributed by atoms with Gasteiger partial charge >= 0.3 is 12.1 Å². The van der Waals surface area contributed by atoms with Crippen molar-refractivity contribution in [1.82, 2.24) is 5.32 Å². The molecule has 0 aromatic heterocycles. The number of carboxylic acids is 1. The monoisotopic (exact) mass is 340 g/mol. The molecule has 7 nitrogen and oxygen atoms in total. The van der Waals surface area contributed by atoms with Crippen molar-refractivity contribution in [3.8, 4) is 0 Å². The Balaban J connectivity index is 2.20. The highest BCUT2D eigenvalue weighted by molar-refractivity contribution is 5.91. The van der Waals surface area contributed by atoms with Crippen LogP contribution in [-0.2, 0) is 14.4 Å². The number of hydrogen-bond donors (Lipinski definition) is 2. The number of carbonyl (C=O) groups is 2. The molecule has 2 aliphatic rings. The minimum atomic E-state index is -0.924. The van der Waals surface area contributed by atoms with E-state index in [4.69, 9.17) is 9.57 Å². The van der Waals surface area contributed by atoms with Crippen molar-refractivity contribution < 1.29 is 24.3 Å². The number of aliphatic carboxylic acids is 1. The number of oxime groups is 1. The lowest BCUT2D eigenvalue weighted by Gasteiger charge is -2.32. The molecule has 4 unspecified atom stereocenters. The summed E-state index contributed by atoms with van der Waals surface area (Å²) in [5.74, 6) is -1.86. The first-order valence-electron chi connectivity index (χ1n) is 8.54. The van der Waals surface area contributed by atoms with Gasteiger partial charge in [-0.1, -0.05) is 18.5 Å². The van der Waals surface area contributed by atoms with E-state index in [-0.39, 0.29) is 5.92 Å². The summed E-state index contributed by atoms with van der Waals surface area (Å²) in [5.41, 5.74) is -0.529. The maximum absolute atomic E-state index is 12.2. The summed E-state index contributed by atoms with van der Waals surface area (Å²) < 4.78 is 5.35. The van der Waals surface area contributed by atoms with Crippen molar-refractivity contribution >= 4 is 17.8 Å². The van der Waals surface area contributed by atoms with Crippen LogP contribution in [0.1, 0.15) is 60.3 Å². The highest BCUT2D eigenvalue weighted by atomic mass is 16.6. The molecule has 1 aliphatic carbocycles. The summed E-state index contributed by atoms with van der Waals surface area (Å²) in [6.07, 6.45) is 1.92. The number of rotatable bonds is 5. The summed E-state index contributed by atoms with van der Waals surface area (Å²) in [4.78, 5) is 29.3. The quantitative estimate of drug-likeness (QED) is 0.802. The Bertz CT molecular complexity index is 540. The number of fused-ring (bicyclic) bond motifs is 1. The lowest BCUT2D eigenvalue weighted by molar-refractivity contribution is -0.146. The van der Waals surface area contributed by atoms with Crippen LogP contribution in [0.4, 0.5) is 4.79 Å². The molecule has 0 aromatic carbocycles. The fourth-order valence-electron chi connectivity index (χ4n) is 3.62. The Kier molecular flexibility index (Phi) is 5.11. The van der Waals surface area contributed by atoms with Crippen LogP contribution in [0.3, 0.4) is 0 Å².